The SMILES string of the molecule is C[C@@H]1CN([C@H](C)CO)C(=O)c2cccc(NC(=O)c3ccncc3)c2O[C@@H]1CN(C)C(=O)Nc1ccc(C(F)(F)F)cc1. The van der Waals surface area contributed by atoms with Gasteiger partial charge in [-0.2, -0.15) is 13.2 Å². The molecule has 0 fully saturated rings. The first-order valence-corrected chi connectivity index (χ1v) is 13.5. The Hall–Kier alpha value is -4.65. The first-order valence-electron chi connectivity index (χ1n) is 13.5. The van der Waals surface area contributed by atoms with E-state index in [0.717, 1.165) is 24.3 Å². The number of anilines is 2. The van der Waals surface area contributed by atoms with Gasteiger partial charge >= 0.3 is 12.2 Å². The smallest absolute Gasteiger partial charge is 0.416 e. The number of aromatic nitrogens is 1. The highest BCUT2D eigenvalue weighted by Crippen LogP contribution is 2.35. The van der Waals surface area contributed by atoms with E-state index in [4.69, 9.17) is 4.74 Å². The molecule has 3 N–H and O–H groups in total. The molecule has 2 aromatic carbocycles. The van der Waals surface area contributed by atoms with E-state index in [1.165, 1.54) is 41.4 Å². The predicted octanol–water partition coefficient (Wildman–Crippen LogP) is 4.74. The molecular formula is C30H32F3N5O5. The van der Waals surface area contributed by atoms with E-state index in [9.17, 15) is 32.7 Å². The average Bonchev–Trinajstić information content (AvgIpc) is 2.99. The molecule has 13 heteroatoms. The van der Waals surface area contributed by atoms with Crippen LogP contribution in [0.1, 0.15) is 40.1 Å². The summed E-state index contributed by atoms with van der Waals surface area (Å²) in [6.07, 6.45) is -2.24. The van der Waals surface area contributed by atoms with Crippen LogP contribution in [-0.2, 0) is 6.18 Å². The van der Waals surface area contributed by atoms with Gasteiger partial charge in [0, 0.05) is 43.2 Å². The lowest BCUT2D eigenvalue weighted by Crippen LogP contribution is -2.50. The zero-order valence-corrected chi connectivity index (χ0v) is 23.8. The van der Waals surface area contributed by atoms with Gasteiger partial charge in [0.15, 0.2) is 5.75 Å². The van der Waals surface area contributed by atoms with Crippen LogP contribution in [0.2, 0.25) is 0 Å². The van der Waals surface area contributed by atoms with Crippen LogP contribution in [-0.4, -0.2) is 76.6 Å². The van der Waals surface area contributed by atoms with E-state index in [1.807, 2.05) is 6.92 Å². The lowest BCUT2D eigenvalue weighted by atomic mass is 9.99. The summed E-state index contributed by atoms with van der Waals surface area (Å²) in [5, 5.41) is 15.2. The number of nitrogens with zero attached hydrogens (tertiary/aromatic N) is 3. The average molecular weight is 600 g/mol. The van der Waals surface area contributed by atoms with Gasteiger partial charge in [-0.3, -0.25) is 14.6 Å². The highest BCUT2D eigenvalue weighted by molar-refractivity contribution is 6.07. The van der Waals surface area contributed by atoms with Gasteiger partial charge < -0.3 is 30.3 Å². The van der Waals surface area contributed by atoms with Crippen LogP contribution in [0.25, 0.3) is 0 Å². The van der Waals surface area contributed by atoms with Crippen LogP contribution in [0.5, 0.6) is 5.75 Å². The van der Waals surface area contributed by atoms with Gasteiger partial charge in [-0.1, -0.05) is 13.0 Å². The Morgan fingerprint density at radius 3 is 2.42 bits per heavy atom. The maximum Gasteiger partial charge on any atom is 0.416 e. The number of likely N-dealkylation sites (N-methyl/N-ethyl adjacent to an activating group) is 1. The third-order valence-electron chi connectivity index (χ3n) is 7.15. The Morgan fingerprint density at radius 1 is 1.12 bits per heavy atom. The van der Waals surface area contributed by atoms with Crippen LogP contribution in [0.4, 0.5) is 29.3 Å². The zero-order chi connectivity index (χ0) is 31.3. The number of ether oxygens (including phenoxy) is 1. The van der Waals surface area contributed by atoms with Gasteiger partial charge in [-0.25, -0.2) is 4.79 Å². The molecule has 4 amide bonds. The third kappa shape index (κ3) is 7.41. The fraction of sp³-hybridized carbons (Fsp3) is 0.333. The molecule has 3 atom stereocenters. The second kappa shape index (κ2) is 13.1. The molecule has 0 aliphatic carbocycles. The lowest BCUT2D eigenvalue weighted by Gasteiger charge is -2.38. The molecule has 228 valence electrons. The van der Waals surface area contributed by atoms with Crippen molar-refractivity contribution in [3.8, 4) is 5.75 Å². The number of rotatable bonds is 7. The fourth-order valence-corrected chi connectivity index (χ4v) is 4.57. The van der Waals surface area contributed by atoms with Crippen molar-refractivity contribution < 1.29 is 37.4 Å². The van der Waals surface area contributed by atoms with Gasteiger partial charge in [-0.15, -0.1) is 0 Å². The van der Waals surface area contributed by atoms with Gasteiger partial charge in [0.1, 0.15) is 6.10 Å². The summed E-state index contributed by atoms with van der Waals surface area (Å²) in [6, 6.07) is 10.8. The van der Waals surface area contributed by atoms with Crippen molar-refractivity contribution >= 4 is 29.2 Å². The molecule has 10 nitrogen and oxygen atoms in total. The minimum Gasteiger partial charge on any atom is -0.485 e. The summed E-state index contributed by atoms with van der Waals surface area (Å²) in [4.78, 5) is 46.4. The summed E-state index contributed by atoms with van der Waals surface area (Å²) in [5.74, 6) is -1.09. The topological polar surface area (TPSA) is 124 Å². The first-order chi connectivity index (χ1) is 20.4. The minimum absolute atomic E-state index is 0.0231. The van der Waals surface area contributed by atoms with Crippen molar-refractivity contribution in [3.63, 3.8) is 0 Å². The van der Waals surface area contributed by atoms with Gasteiger partial charge in [0.05, 0.1) is 36.0 Å². The maximum absolute atomic E-state index is 13.6. The number of para-hydroxylation sites is 1. The van der Waals surface area contributed by atoms with Gasteiger partial charge in [0.25, 0.3) is 11.8 Å². The number of urea groups is 1. The van der Waals surface area contributed by atoms with Crippen LogP contribution >= 0.6 is 0 Å². The number of halogens is 3. The maximum atomic E-state index is 13.6. The molecular weight excluding hydrogens is 567 g/mol. The summed E-state index contributed by atoms with van der Waals surface area (Å²) in [6.45, 7) is 3.48. The number of alkyl halides is 3. The largest absolute Gasteiger partial charge is 0.485 e. The van der Waals surface area contributed by atoms with Crippen LogP contribution in [0.3, 0.4) is 0 Å². The number of nitrogens with one attached hydrogen (secondary N) is 2. The number of benzene rings is 2. The minimum atomic E-state index is -4.50. The molecule has 0 unspecified atom stereocenters. The van der Waals surface area contributed by atoms with Gasteiger partial charge in [-0.05, 0) is 55.5 Å². The molecule has 0 saturated heterocycles. The zero-order valence-electron chi connectivity index (χ0n) is 23.8. The Kier molecular flexibility index (Phi) is 9.54. The highest BCUT2D eigenvalue weighted by atomic mass is 19.4. The van der Waals surface area contributed by atoms with Crippen LogP contribution in [0, 0.1) is 5.92 Å². The van der Waals surface area contributed by atoms with Crippen LogP contribution < -0.4 is 15.4 Å². The third-order valence-corrected chi connectivity index (χ3v) is 7.15. The molecule has 0 radical (unpaired) electrons. The molecule has 0 saturated carbocycles. The van der Waals surface area contributed by atoms with E-state index >= 15 is 0 Å². The number of aliphatic hydroxyl groups excluding tert-OH is 1. The van der Waals surface area contributed by atoms with Crippen molar-refractivity contribution in [1.82, 2.24) is 14.8 Å². The monoisotopic (exact) mass is 599 g/mol. The van der Waals surface area contributed by atoms with E-state index in [-0.39, 0.29) is 48.3 Å². The predicted molar refractivity (Wildman–Crippen MR) is 153 cm³/mol. The van der Waals surface area contributed by atoms with Crippen molar-refractivity contribution in [2.45, 2.75) is 32.2 Å². The van der Waals surface area contributed by atoms with E-state index in [1.54, 1.807) is 25.1 Å². The Morgan fingerprint density at radius 2 is 1.79 bits per heavy atom. The molecule has 3 aromatic rings. The number of carbonyl (C=O) groups excluding carboxylic acids is 3. The van der Waals surface area contributed by atoms with E-state index in [2.05, 4.69) is 15.6 Å². The quantitative estimate of drug-likeness (QED) is 0.361. The lowest BCUT2D eigenvalue weighted by molar-refractivity contribution is -0.137. The second-order valence-corrected chi connectivity index (χ2v) is 10.4. The Bertz CT molecular complexity index is 1450. The number of hydrogen-bond donors (Lipinski definition) is 3. The number of pyridine rings is 1. The van der Waals surface area contributed by atoms with Crippen molar-refractivity contribution in [1.29, 1.82) is 0 Å². The summed E-state index contributed by atoms with van der Waals surface area (Å²) in [5.41, 5.74) is 0.0838. The molecule has 4 rings (SSSR count). The molecule has 1 aliphatic heterocycles. The summed E-state index contributed by atoms with van der Waals surface area (Å²) >= 11 is 0. The standard InChI is InChI=1S/C30H32F3N5O5/c1-18-15-38(19(2)17-39)28(41)23-5-4-6-24(36-27(40)20-11-13-34-14-12-20)26(23)43-25(18)16-37(3)29(42)35-22-9-7-21(8-10-22)30(31,32)33/h4-14,18-19,25,39H,15-17H2,1-3H3,(H,35,42)(H,36,40)/t18-,19-,25-/m1/s1. The summed E-state index contributed by atoms with van der Waals surface area (Å²) < 4.78 is 45.1. The van der Waals surface area contributed by atoms with Crippen LogP contribution in [0.15, 0.2) is 67.0 Å². The number of carbonyl (C=O) groups is 3. The van der Waals surface area contributed by atoms with E-state index < -0.39 is 41.7 Å². The fourth-order valence-electron chi connectivity index (χ4n) is 4.57. The summed E-state index contributed by atoms with van der Waals surface area (Å²) in [7, 11) is 1.51. The number of fused-ring (bicyclic) bond motifs is 1. The molecule has 1 aliphatic rings. The first kappa shape index (κ1) is 31.3. The molecule has 0 spiro atoms. The Balaban J connectivity index is 1.61. The van der Waals surface area contributed by atoms with Crippen molar-refractivity contribution in [2.24, 2.45) is 5.92 Å². The van der Waals surface area contributed by atoms with Crippen molar-refractivity contribution in [2.75, 3.05) is 37.4 Å². The molecule has 2 heterocycles. The van der Waals surface area contributed by atoms with Crippen molar-refractivity contribution in [3.05, 3.63) is 83.7 Å². The number of aliphatic hydroxyl groups is 1. The highest BCUT2D eigenvalue weighted by Gasteiger charge is 2.35. The number of amides is 4. The van der Waals surface area contributed by atoms with E-state index in [0.29, 0.717) is 5.56 Å². The number of hydrogen-bond acceptors (Lipinski definition) is 6. The molecule has 43 heavy (non-hydrogen) atoms. The Labute approximate surface area is 246 Å². The van der Waals surface area contributed by atoms with Gasteiger partial charge in [0.2, 0.25) is 0 Å². The molecule has 0 bridgehead atoms. The second-order valence-electron chi connectivity index (χ2n) is 10.4. The normalized spacial score (nSPS) is 17.6. The molecule has 1 aromatic heterocycles.